The number of hydrogen-bond donors (Lipinski definition) is 1. The number of nitrogens with one attached hydrogen (secondary N) is 1. The number of halogens is 2. The van der Waals surface area contributed by atoms with E-state index in [-0.39, 0.29) is 12.1 Å². The van der Waals surface area contributed by atoms with E-state index in [1.54, 1.807) is 0 Å². The lowest BCUT2D eigenvalue weighted by Crippen LogP contribution is -2.22. The van der Waals surface area contributed by atoms with Gasteiger partial charge >= 0.3 is 5.69 Å². The van der Waals surface area contributed by atoms with E-state index in [2.05, 4.69) is 12.2 Å². The molecule has 19 heavy (non-hydrogen) atoms. The first-order chi connectivity index (χ1) is 8.99. The summed E-state index contributed by atoms with van der Waals surface area (Å²) in [7, 11) is 0. The van der Waals surface area contributed by atoms with Gasteiger partial charge in [-0.15, -0.1) is 0 Å². The van der Waals surface area contributed by atoms with Crippen LogP contribution in [0.2, 0.25) is 0 Å². The molecule has 0 saturated heterocycles. The Morgan fingerprint density at radius 1 is 1.42 bits per heavy atom. The lowest BCUT2D eigenvalue weighted by Gasteiger charge is -2.11. The molecule has 0 aromatic heterocycles. The van der Waals surface area contributed by atoms with Gasteiger partial charge in [0.05, 0.1) is 4.92 Å². The fraction of sp³-hybridized carbons (Fsp3) is 0.538. The van der Waals surface area contributed by atoms with Crippen LogP contribution in [0.25, 0.3) is 0 Å². The van der Waals surface area contributed by atoms with Crippen LogP contribution < -0.4 is 5.32 Å². The first-order valence-corrected chi connectivity index (χ1v) is 6.32. The highest BCUT2D eigenvalue weighted by Gasteiger charge is 2.27. The van der Waals surface area contributed by atoms with Crippen molar-refractivity contribution in [1.82, 2.24) is 5.32 Å². The van der Waals surface area contributed by atoms with Crippen molar-refractivity contribution in [2.24, 2.45) is 11.8 Å². The van der Waals surface area contributed by atoms with Crippen molar-refractivity contribution in [1.29, 1.82) is 0 Å². The molecule has 1 aliphatic carbocycles. The smallest absolute Gasteiger partial charge is 0.305 e. The second-order valence-electron chi connectivity index (χ2n) is 5.10. The number of rotatable bonds is 6. The SMILES string of the molecule is CC(CNCc1cc([N+](=O)[O-])c(F)cc1F)C1CC1. The molecule has 0 spiro atoms. The van der Waals surface area contributed by atoms with Crippen LogP contribution in [0.5, 0.6) is 0 Å². The first kappa shape index (κ1) is 13.9. The van der Waals surface area contributed by atoms with E-state index in [1.807, 2.05) is 0 Å². The Labute approximate surface area is 110 Å². The maximum atomic E-state index is 13.5. The van der Waals surface area contributed by atoms with Gasteiger partial charge in [0, 0.05) is 24.2 Å². The van der Waals surface area contributed by atoms with Crippen molar-refractivity contribution in [3.05, 3.63) is 39.4 Å². The van der Waals surface area contributed by atoms with Gasteiger partial charge in [0.2, 0.25) is 5.82 Å². The molecule has 4 nitrogen and oxygen atoms in total. The number of nitro groups is 1. The molecule has 1 aliphatic rings. The second-order valence-corrected chi connectivity index (χ2v) is 5.10. The van der Waals surface area contributed by atoms with E-state index in [0.29, 0.717) is 12.0 Å². The van der Waals surface area contributed by atoms with Crippen molar-refractivity contribution < 1.29 is 13.7 Å². The van der Waals surface area contributed by atoms with Crippen LogP contribution >= 0.6 is 0 Å². The predicted molar refractivity (Wildman–Crippen MR) is 66.6 cm³/mol. The quantitative estimate of drug-likeness (QED) is 0.638. The lowest BCUT2D eigenvalue weighted by atomic mass is 10.1. The molecule has 0 amide bonds. The van der Waals surface area contributed by atoms with Crippen LogP contribution in [0.1, 0.15) is 25.3 Å². The van der Waals surface area contributed by atoms with Gasteiger partial charge in [-0.1, -0.05) is 6.92 Å². The second kappa shape index (κ2) is 5.61. The van der Waals surface area contributed by atoms with Crippen molar-refractivity contribution in [2.45, 2.75) is 26.3 Å². The number of nitro benzene ring substituents is 1. The Hall–Kier alpha value is -1.56. The highest BCUT2D eigenvalue weighted by Crippen LogP contribution is 2.36. The zero-order chi connectivity index (χ0) is 14.0. The predicted octanol–water partition coefficient (Wildman–Crippen LogP) is 3.01. The van der Waals surface area contributed by atoms with E-state index in [4.69, 9.17) is 0 Å². The fourth-order valence-electron chi connectivity index (χ4n) is 2.12. The van der Waals surface area contributed by atoms with Crippen LogP contribution in [-0.2, 0) is 6.54 Å². The molecule has 6 heteroatoms. The highest BCUT2D eigenvalue weighted by atomic mass is 19.1. The molecule has 0 aliphatic heterocycles. The third-order valence-electron chi connectivity index (χ3n) is 3.52. The van der Waals surface area contributed by atoms with Crippen LogP contribution in [0, 0.1) is 33.6 Å². The highest BCUT2D eigenvalue weighted by molar-refractivity contribution is 5.37. The summed E-state index contributed by atoms with van der Waals surface area (Å²) in [6.45, 7) is 3.02. The summed E-state index contributed by atoms with van der Waals surface area (Å²) in [6, 6.07) is 1.53. The van der Waals surface area contributed by atoms with Crippen molar-refractivity contribution in [2.75, 3.05) is 6.54 Å². The van der Waals surface area contributed by atoms with E-state index < -0.39 is 22.2 Å². The van der Waals surface area contributed by atoms with Crippen LogP contribution in [-0.4, -0.2) is 11.5 Å². The zero-order valence-corrected chi connectivity index (χ0v) is 10.7. The van der Waals surface area contributed by atoms with E-state index in [0.717, 1.165) is 18.5 Å². The third kappa shape index (κ3) is 3.47. The topological polar surface area (TPSA) is 55.2 Å². The standard InChI is InChI=1S/C13H16F2N2O2/c1-8(9-2-3-9)6-16-7-10-4-13(17(18)19)12(15)5-11(10)14/h4-5,8-9,16H,2-3,6-7H2,1H3. The maximum absolute atomic E-state index is 13.5. The molecule has 1 unspecified atom stereocenters. The van der Waals surface area contributed by atoms with Gasteiger partial charge in [0.15, 0.2) is 0 Å². The molecule has 0 radical (unpaired) electrons. The van der Waals surface area contributed by atoms with Gasteiger partial charge in [0.1, 0.15) is 5.82 Å². The van der Waals surface area contributed by atoms with Crippen molar-refractivity contribution in [3.63, 3.8) is 0 Å². The number of nitrogens with zero attached hydrogens (tertiary/aromatic N) is 1. The lowest BCUT2D eigenvalue weighted by molar-refractivity contribution is -0.387. The number of benzene rings is 1. The van der Waals surface area contributed by atoms with Crippen molar-refractivity contribution >= 4 is 5.69 Å². The molecule has 2 rings (SSSR count). The summed E-state index contributed by atoms with van der Waals surface area (Å²) in [5, 5.41) is 13.7. The Balaban J connectivity index is 1.98. The molecule has 1 fully saturated rings. The van der Waals surface area contributed by atoms with E-state index in [1.165, 1.54) is 12.8 Å². The number of hydrogen-bond acceptors (Lipinski definition) is 3. The molecule has 1 aromatic rings. The van der Waals surface area contributed by atoms with E-state index in [9.17, 15) is 18.9 Å². The molecule has 0 heterocycles. The Morgan fingerprint density at radius 3 is 2.68 bits per heavy atom. The Morgan fingerprint density at radius 2 is 2.11 bits per heavy atom. The monoisotopic (exact) mass is 270 g/mol. The minimum Gasteiger partial charge on any atom is -0.312 e. The van der Waals surface area contributed by atoms with Gasteiger partial charge in [-0.25, -0.2) is 4.39 Å². The van der Waals surface area contributed by atoms with Crippen molar-refractivity contribution in [3.8, 4) is 0 Å². The van der Waals surface area contributed by atoms with Gasteiger partial charge in [-0.3, -0.25) is 10.1 Å². The van der Waals surface area contributed by atoms with Gasteiger partial charge in [-0.05, 0) is 31.2 Å². The van der Waals surface area contributed by atoms with Gasteiger partial charge in [0.25, 0.3) is 0 Å². The molecule has 0 bridgehead atoms. The normalized spacial score (nSPS) is 16.4. The summed E-state index contributed by atoms with van der Waals surface area (Å²) in [6.07, 6.45) is 2.47. The molecule has 104 valence electrons. The molecule has 1 saturated carbocycles. The van der Waals surface area contributed by atoms with Gasteiger partial charge in [-0.2, -0.15) is 4.39 Å². The van der Waals surface area contributed by atoms with E-state index >= 15 is 0 Å². The zero-order valence-electron chi connectivity index (χ0n) is 10.7. The molecule has 1 atom stereocenters. The molecule has 1 N–H and O–H groups in total. The fourth-order valence-corrected chi connectivity index (χ4v) is 2.12. The average Bonchev–Trinajstić information content (AvgIpc) is 3.15. The minimum absolute atomic E-state index is 0.121. The Kier molecular flexibility index (Phi) is 4.09. The molecule has 1 aromatic carbocycles. The first-order valence-electron chi connectivity index (χ1n) is 6.32. The maximum Gasteiger partial charge on any atom is 0.305 e. The van der Waals surface area contributed by atoms with Crippen LogP contribution in [0.15, 0.2) is 12.1 Å². The van der Waals surface area contributed by atoms with Gasteiger partial charge < -0.3 is 5.32 Å². The summed E-state index contributed by atoms with van der Waals surface area (Å²) in [5.74, 6) is -0.648. The third-order valence-corrected chi connectivity index (χ3v) is 3.52. The largest absolute Gasteiger partial charge is 0.312 e. The summed E-state index contributed by atoms with van der Waals surface area (Å²) >= 11 is 0. The summed E-state index contributed by atoms with van der Waals surface area (Å²) < 4.78 is 26.6. The molecular weight excluding hydrogens is 254 g/mol. The summed E-state index contributed by atoms with van der Waals surface area (Å²) in [4.78, 5) is 9.75. The average molecular weight is 270 g/mol. The minimum atomic E-state index is -1.14. The molecular formula is C13H16F2N2O2. The van der Waals surface area contributed by atoms with Crippen LogP contribution in [0.4, 0.5) is 14.5 Å². The summed E-state index contributed by atoms with van der Waals surface area (Å²) in [5.41, 5.74) is -0.565. The van der Waals surface area contributed by atoms with Crippen LogP contribution in [0.3, 0.4) is 0 Å². The Bertz CT molecular complexity index is 490.